The van der Waals surface area contributed by atoms with Crippen LogP contribution in [-0.4, -0.2) is 88.2 Å². The van der Waals surface area contributed by atoms with Crippen molar-refractivity contribution in [3.8, 4) is 0 Å². The third-order valence-electron chi connectivity index (χ3n) is 9.06. The van der Waals surface area contributed by atoms with Gasteiger partial charge in [0.15, 0.2) is 0 Å². The molecule has 3 amide bonds. The topological polar surface area (TPSA) is 125 Å². The van der Waals surface area contributed by atoms with Crippen molar-refractivity contribution >= 4 is 23.7 Å². The van der Waals surface area contributed by atoms with Crippen LogP contribution in [0.5, 0.6) is 0 Å². The van der Waals surface area contributed by atoms with Gasteiger partial charge in [-0.2, -0.15) is 0 Å². The van der Waals surface area contributed by atoms with Crippen LogP contribution >= 0.6 is 0 Å². The third kappa shape index (κ3) is 6.13. The lowest BCUT2D eigenvalue weighted by molar-refractivity contribution is -0.152. The van der Waals surface area contributed by atoms with Gasteiger partial charge in [-0.05, 0) is 45.1 Å². The number of esters is 1. The minimum atomic E-state index is -1.18. The van der Waals surface area contributed by atoms with Crippen molar-refractivity contribution in [2.75, 3.05) is 19.8 Å². The Kier molecular flexibility index (Phi) is 10.4. The molecule has 3 aliphatic rings. The monoisotopic (exact) mass is 595 g/mol. The number of hydrogen-bond donors (Lipinski definition) is 2. The summed E-state index contributed by atoms with van der Waals surface area (Å²) < 4.78 is 12.1. The van der Waals surface area contributed by atoms with Crippen molar-refractivity contribution in [3.63, 3.8) is 0 Å². The summed E-state index contributed by atoms with van der Waals surface area (Å²) in [5.41, 5.74) is -0.432. The van der Waals surface area contributed by atoms with Gasteiger partial charge in [-0.15, -0.1) is 13.2 Å². The number of allylic oxidation sites excluding steroid dienone is 1. The number of aliphatic hydroxyl groups is 1. The van der Waals surface area contributed by atoms with E-state index in [0.717, 1.165) is 5.56 Å². The van der Waals surface area contributed by atoms with E-state index in [1.54, 1.807) is 17.1 Å². The molecule has 1 spiro atoms. The lowest BCUT2D eigenvalue weighted by Crippen LogP contribution is -2.59. The number of aliphatic hydroxyl groups excluding tert-OH is 1. The number of fused-ring (bicyclic) bond motifs is 1. The first-order chi connectivity index (χ1) is 20.6. The second-order valence-corrected chi connectivity index (χ2v) is 11.9. The number of hydrogen-bond acceptors (Lipinski definition) is 7. The van der Waals surface area contributed by atoms with Gasteiger partial charge in [0.2, 0.25) is 17.7 Å². The maximum absolute atomic E-state index is 14.3. The van der Waals surface area contributed by atoms with Crippen LogP contribution in [0.25, 0.3) is 0 Å². The highest BCUT2D eigenvalue weighted by molar-refractivity contribution is 5.99. The molecule has 2 bridgehead atoms. The van der Waals surface area contributed by atoms with Gasteiger partial charge < -0.3 is 29.7 Å². The fraction of sp³-hybridized carbons (Fsp3) is 0.576. The summed E-state index contributed by atoms with van der Waals surface area (Å²) in [4.78, 5) is 58.0. The Balaban J connectivity index is 1.66. The smallest absolute Gasteiger partial charge is 0.306 e. The second kappa shape index (κ2) is 13.9. The van der Waals surface area contributed by atoms with E-state index < -0.39 is 53.5 Å². The van der Waals surface area contributed by atoms with Crippen molar-refractivity contribution in [2.24, 2.45) is 11.8 Å². The van der Waals surface area contributed by atoms with Gasteiger partial charge >= 0.3 is 5.97 Å². The van der Waals surface area contributed by atoms with Gasteiger partial charge in [0.1, 0.15) is 18.2 Å². The Morgan fingerprint density at radius 3 is 2.56 bits per heavy atom. The largest absolute Gasteiger partial charge is 0.463 e. The maximum Gasteiger partial charge on any atom is 0.306 e. The zero-order valence-corrected chi connectivity index (χ0v) is 25.4. The molecule has 2 N–H and O–H groups in total. The Bertz CT molecular complexity index is 1200. The molecule has 0 radical (unpaired) electrons. The molecule has 0 unspecified atom stereocenters. The van der Waals surface area contributed by atoms with E-state index in [1.165, 1.54) is 4.90 Å². The number of likely N-dealkylation sites (tertiary alicyclic amines) is 1. The number of nitrogens with one attached hydrogen (secondary N) is 1. The average Bonchev–Trinajstić information content (AvgIpc) is 3.65. The summed E-state index contributed by atoms with van der Waals surface area (Å²) >= 11 is 0. The van der Waals surface area contributed by atoms with Crippen LogP contribution in [0.4, 0.5) is 0 Å². The Morgan fingerprint density at radius 2 is 1.95 bits per heavy atom. The van der Waals surface area contributed by atoms with Crippen molar-refractivity contribution in [1.29, 1.82) is 0 Å². The number of amides is 3. The van der Waals surface area contributed by atoms with Crippen molar-refractivity contribution in [1.82, 2.24) is 15.1 Å². The highest BCUT2D eigenvalue weighted by atomic mass is 16.5. The van der Waals surface area contributed by atoms with Crippen LogP contribution in [0.2, 0.25) is 0 Å². The van der Waals surface area contributed by atoms with E-state index >= 15 is 0 Å². The summed E-state index contributed by atoms with van der Waals surface area (Å²) in [6.45, 7) is 13.0. The fourth-order valence-electron chi connectivity index (χ4n) is 6.97. The Morgan fingerprint density at radius 1 is 1.23 bits per heavy atom. The molecule has 10 nitrogen and oxygen atoms in total. The molecule has 3 heterocycles. The number of ether oxygens (including phenoxy) is 2. The predicted molar refractivity (Wildman–Crippen MR) is 160 cm³/mol. The molecular weight excluding hydrogens is 550 g/mol. The molecule has 43 heavy (non-hydrogen) atoms. The van der Waals surface area contributed by atoms with Gasteiger partial charge in [0, 0.05) is 19.0 Å². The normalized spacial score (nSPS) is 27.0. The van der Waals surface area contributed by atoms with E-state index in [2.05, 4.69) is 18.5 Å². The molecule has 1 aromatic carbocycles. The zero-order valence-electron chi connectivity index (χ0n) is 25.4. The average molecular weight is 596 g/mol. The number of rotatable bonds is 15. The molecule has 0 aliphatic carbocycles. The molecule has 10 heteroatoms. The van der Waals surface area contributed by atoms with E-state index in [4.69, 9.17) is 9.47 Å². The number of benzene rings is 1. The Labute approximate surface area is 254 Å². The SMILES string of the molecule is C=CCCC(=O)OC[C@@H](NC(=O)[C@@H]1[C@H]2C(=O)N([C@@H](CC)CO)[C@H](C(=O)N(CC=C)C(C)C)[C@]23CC[C@H]1O3)c1ccccc1. The molecule has 0 aromatic heterocycles. The van der Waals surface area contributed by atoms with Gasteiger partial charge in [-0.25, -0.2) is 0 Å². The number of nitrogens with zero attached hydrogens (tertiary/aromatic N) is 2. The molecule has 3 saturated heterocycles. The van der Waals surface area contributed by atoms with Crippen molar-refractivity contribution in [2.45, 2.75) is 88.7 Å². The van der Waals surface area contributed by atoms with Crippen molar-refractivity contribution in [3.05, 3.63) is 61.2 Å². The molecule has 0 saturated carbocycles. The minimum Gasteiger partial charge on any atom is -0.463 e. The predicted octanol–water partition coefficient (Wildman–Crippen LogP) is 2.92. The summed E-state index contributed by atoms with van der Waals surface area (Å²) in [7, 11) is 0. The molecule has 7 atom stereocenters. The van der Waals surface area contributed by atoms with Crippen LogP contribution in [-0.2, 0) is 28.7 Å². The zero-order chi connectivity index (χ0) is 31.3. The van der Waals surface area contributed by atoms with Gasteiger partial charge in [-0.1, -0.05) is 49.4 Å². The maximum atomic E-state index is 14.3. The second-order valence-electron chi connectivity index (χ2n) is 11.9. The highest BCUT2D eigenvalue weighted by Gasteiger charge is 2.75. The summed E-state index contributed by atoms with van der Waals surface area (Å²) in [6, 6.07) is 6.82. The van der Waals surface area contributed by atoms with Crippen LogP contribution in [0.3, 0.4) is 0 Å². The molecule has 4 rings (SSSR count). The summed E-state index contributed by atoms with van der Waals surface area (Å²) in [6.07, 6.45) is 4.82. The minimum absolute atomic E-state index is 0.0751. The molecule has 234 valence electrons. The lowest BCUT2D eigenvalue weighted by atomic mass is 9.70. The van der Waals surface area contributed by atoms with E-state index in [1.807, 2.05) is 51.1 Å². The van der Waals surface area contributed by atoms with Crippen LogP contribution in [0.15, 0.2) is 55.6 Å². The van der Waals surface area contributed by atoms with Gasteiger partial charge in [0.25, 0.3) is 0 Å². The number of carbonyl (C=O) groups excluding carboxylic acids is 4. The summed E-state index contributed by atoms with van der Waals surface area (Å²) in [5.74, 6) is -3.14. The first-order valence-electron chi connectivity index (χ1n) is 15.3. The lowest BCUT2D eigenvalue weighted by Gasteiger charge is -2.40. The third-order valence-corrected chi connectivity index (χ3v) is 9.06. The molecule has 1 aromatic rings. The Hall–Kier alpha value is -3.50. The quantitative estimate of drug-likeness (QED) is 0.236. The number of carbonyl (C=O) groups is 4. The first kappa shape index (κ1) is 32.4. The molecular formula is C33H45N3O7. The molecule has 3 fully saturated rings. The van der Waals surface area contributed by atoms with Crippen LogP contribution in [0, 0.1) is 11.8 Å². The van der Waals surface area contributed by atoms with E-state index in [9.17, 15) is 24.3 Å². The van der Waals surface area contributed by atoms with Crippen LogP contribution < -0.4 is 5.32 Å². The van der Waals surface area contributed by atoms with E-state index in [-0.39, 0.29) is 37.5 Å². The van der Waals surface area contributed by atoms with Crippen molar-refractivity contribution < 1.29 is 33.8 Å². The fourth-order valence-corrected chi connectivity index (χ4v) is 6.97. The first-order valence-corrected chi connectivity index (χ1v) is 15.3. The van der Waals surface area contributed by atoms with Gasteiger partial charge in [-0.3, -0.25) is 19.2 Å². The van der Waals surface area contributed by atoms with Crippen LogP contribution in [0.1, 0.15) is 64.5 Å². The summed E-state index contributed by atoms with van der Waals surface area (Å²) in [5, 5.41) is 13.3. The van der Waals surface area contributed by atoms with Gasteiger partial charge in [0.05, 0.1) is 36.6 Å². The van der Waals surface area contributed by atoms with E-state index in [0.29, 0.717) is 32.2 Å². The highest BCUT2D eigenvalue weighted by Crippen LogP contribution is 2.59. The molecule has 3 aliphatic heterocycles. The standard InChI is InChI=1S/C33H45N3O7/c1-6-9-15-26(38)42-20-24(22-13-11-10-12-14-22)34-30(39)27-25-16-17-33(43-25)28(27)31(40)36(23(8-3)19-37)29(33)32(41)35(18-7-2)21(4)5/h6-7,10-14,21,23-25,27-29,37H,1-2,8-9,15-20H2,3-5H3,(H,34,39)/t23-,24+,25+,27-,28-,29+,33-/m0/s1.